The van der Waals surface area contributed by atoms with Crippen LogP contribution in [0.5, 0.6) is 0 Å². The van der Waals surface area contributed by atoms with E-state index in [1.807, 2.05) is 6.07 Å². The largest absolute Gasteiger partial charge is 0.207 e. The zero-order valence-corrected chi connectivity index (χ0v) is 10.9. The molecule has 0 heterocycles. The summed E-state index contributed by atoms with van der Waals surface area (Å²) >= 11 is 0. The maximum Gasteiger partial charge on any atom is 0.126 e. The molecule has 1 heteroatoms. The van der Waals surface area contributed by atoms with Crippen molar-refractivity contribution in [3.8, 4) is 0 Å². The summed E-state index contributed by atoms with van der Waals surface area (Å²) < 4.78 is 14.0. The molecule has 0 N–H and O–H groups in total. The van der Waals surface area contributed by atoms with Crippen LogP contribution >= 0.6 is 0 Å². The van der Waals surface area contributed by atoms with E-state index in [0.717, 1.165) is 30.4 Å². The first-order valence-corrected chi connectivity index (χ1v) is 6.43. The van der Waals surface area contributed by atoms with Crippen molar-refractivity contribution < 1.29 is 4.39 Å². The summed E-state index contributed by atoms with van der Waals surface area (Å²) in [7, 11) is 0. The number of hydrogen-bond acceptors (Lipinski definition) is 0. The molecule has 0 saturated carbocycles. The van der Waals surface area contributed by atoms with Gasteiger partial charge in [-0.15, -0.1) is 0 Å². The molecule has 0 radical (unpaired) electrons. The molecule has 0 bridgehead atoms. The van der Waals surface area contributed by atoms with Crippen molar-refractivity contribution in [2.75, 3.05) is 0 Å². The molecule has 1 rings (SSSR count). The minimum absolute atomic E-state index is 0.0218. The predicted octanol–water partition coefficient (Wildman–Crippen LogP) is 5.24. The number of halogens is 1. The molecule has 1 atom stereocenters. The van der Waals surface area contributed by atoms with Crippen molar-refractivity contribution in [1.82, 2.24) is 0 Å². The van der Waals surface area contributed by atoms with Crippen LogP contribution in [0, 0.1) is 5.82 Å². The summed E-state index contributed by atoms with van der Waals surface area (Å²) in [6.45, 7) is 8.52. The van der Waals surface area contributed by atoms with Gasteiger partial charge in [-0.2, -0.15) is 0 Å². The second-order valence-corrected chi connectivity index (χ2v) is 4.60. The highest BCUT2D eigenvalue weighted by Gasteiger charge is 2.13. The van der Waals surface area contributed by atoms with Gasteiger partial charge in [0, 0.05) is 0 Å². The van der Waals surface area contributed by atoms with E-state index in [4.69, 9.17) is 0 Å². The van der Waals surface area contributed by atoms with E-state index in [1.54, 1.807) is 6.07 Å². The Bertz CT molecular complexity index is 326. The van der Waals surface area contributed by atoms with Crippen LogP contribution in [0.3, 0.4) is 0 Å². The third-order valence-corrected chi connectivity index (χ3v) is 3.63. The lowest BCUT2D eigenvalue weighted by molar-refractivity contribution is 0.554. The topological polar surface area (TPSA) is 0 Å². The highest BCUT2D eigenvalue weighted by atomic mass is 19.1. The van der Waals surface area contributed by atoms with E-state index < -0.39 is 0 Å². The van der Waals surface area contributed by atoms with Crippen molar-refractivity contribution in [2.45, 2.75) is 58.8 Å². The second-order valence-electron chi connectivity index (χ2n) is 4.60. The van der Waals surface area contributed by atoms with Crippen molar-refractivity contribution in [2.24, 2.45) is 0 Å². The Kier molecular flexibility index (Phi) is 4.98. The SMILES string of the molecule is CCC(C)c1ccc(C(CC)CC)c(F)c1. The van der Waals surface area contributed by atoms with Gasteiger partial charge in [-0.3, -0.25) is 0 Å². The first kappa shape index (κ1) is 13.2. The summed E-state index contributed by atoms with van der Waals surface area (Å²) in [6, 6.07) is 5.79. The minimum atomic E-state index is -0.0218. The Morgan fingerprint density at radius 2 is 1.69 bits per heavy atom. The summed E-state index contributed by atoms with van der Waals surface area (Å²) in [6.07, 6.45) is 3.08. The zero-order valence-electron chi connectivity index (χ0n) is 10.9. The molecule has 1 aromatic carbocycles. The van der Waals surface area contributed by atoms with Gasteiger partial charge in [0.25, 0.3) is 0 Å². The maximum atomic E-state index is 14.0. The Hall–Kier alpha value is -0.850. The van der Waals surface area contributed by atoms with Gasteiger partial charge in [0.2, 0.25) is 0 Å². The molecule has 0 amide bonds. The van der Waals surface area contributed by atoms with E-state index in [-0.39, 0.29) is 5.82 Å². The van der Waals surface area contributed by atoms with E-state index in [0.29, 0.717) is 11.8 Å². The van der Waals surface area contributed by atoms with Crippen LogP contribution in [0.1, 0.15) is 69.9 Å². The molecular formula is C15H23F. The van der Waals surface area contributed by atoms with Crippen LogP contribution in [0.15, 0.2) is 18.2 Å². The van der Waals surface area contributed by atoms with Gasteiger partial charge in [0.15, 0.2) is 0 Å². The van der Waals surface area contributed by atoms with Crippen molar-refractivity contribution in [1.29, 1.82) is 0 Å². The monoisotopic (exact) mass is 222 g/mol. The molecule has 16 heavy (non-hydrogen) atoms. The van der Waals surface area contributed by atoms with Gasteiger partial charge in [-0.05, 0) is 48.3 Å². The highest BCUT2D eigenvalue weighted by Crippen LogP contribution is 2.28. The molecule has 0 aromatic heterocycles. The number of benzene rings is 1. The van der Waals surface area contributed by atoms with Gasteiger partial charge < -0.3 is 0 Å². The van der Waals surface area contributed by atoms with Crippen LogP contribution in [0.4, 0.5) is 4.39 Å². The molecule has 0 spiro atoms. The molecule has 1 aromatic rings. The Morgan fingerprint density at radius 1 is 1.06 bits per heavy atom. The molecule has 0 aliphatic heterocycles. The van der Waals surface area contributed by atoms with E-state index in [9.17, 15) is 4.39 Å². The van der Waals surface area contributed by atoms with Crippen LogP contribution < -0.4 is 0 Å². The van der Waals surface area contributed by atoms with Crippen molar-refractivity contribution in [3.63, 3.8) is 0 Å². The van der Waals surface area contributed by atoms with Crippen LogP contribution in [-0.2, 0) is 0 Å². The second kappa shape index (κ2) is 6.03. The summed E-state index contributed by atoms with van der Waals surface area (Å²) in [5.74, 6) is 0.794. The zero-order chi connectivity index (χ0) is 12.1. The molecule has 1 unspecified atom stereocenters. The molecule has 90 valence electrons. The lowest BCUT2D eigenvalue weighted by Crippen LogP contribution is -2.01. The highest BCUT2D eigenvalue weighted by molar-refractivity contribution is 5.29. The van der Waals surface area contributed by atoms with Gasteiger partial charge >= 0.3 is 0 Å². The first-order valence-electron chi connectivity index (χ1n) is 6.43. The minimum Gasteiger partial charge on any atom is -0.207 e. The fraction of sp³-hybridized carbons (Fsp3) is 0.600. The van der Waals surface area contributed by atoms with E-state index in [1.165, 1.54) is 0 Å². The number of hydrogen-bond donors (Lipinski definition) is 0. The third-order valence-electron chi connectivity index (χ3n) is 3.63. The molecule has 0 aliphatic carbocycles. The quantitative estimate of drug-likeness (QED) is 0.639. The molecule has 0 nitrogen and oxygen atoms in total. The van der Waals surface area contributed by atoms with Crippen LogP contribution in [0.2, 0.25) is 0 Å². The lowest BCUT2D eigenvalue weighted by Gasteiger charge is -2.16. The van der Waals surface area contributed by atoms with Gasteiger partial charge in [0.1, 0.15) is 5.82 Å². The number of rotatable bonds is 5. The summed E-state index contributed by atoms with van der Waals surface area (Å²) in [5.41, 5.74) is 2.01. The van der Waals surface area contributed by atoms with Crippen LogP contribution in [-0.4, -0.2) is 0 Å². The van der Waals surface area contributed by atoms with Gasteiger partial charge in [0.05, 0.1) is 0 Å². The van der Waals surface area contributed by atoms with Gasteiger partial charge in [-0.25, -0.2) is 4.39 Å². The Balaban J connectivity index is 2.99. The third kappa shape index (κ3) is 2.84. The Morgan fingerprint density at radius 3 is 2.12 bits per heavy atom. The van der Waals surface area contributed by atoms with E-state index >= 15 is 0 Å². The fourth-order valence-corrected chi connectivity index (χ4v) is 2.15. The molecular weight excluding hydrogens is 199 g/mol. The standard InChI is InChI=1S/C15H23F/c1-5-11(4)13-8-9-14(15(16)10-13)12(6-2)7-3/h8-12H,5-7H2,1-4H3. The van der Waals surface area contributed by atoms with Gasteiger partial charge in [-0.1, -0.05) is 39.8 Å². The van der Waals surface area contributed by atoms with E-state index in [2.05, 4.69) is 33.8 Å². The Labute approximate surface area is 98.9 Å². The lowest BCUT2D eigenvalue weighted by atomic mass is 9.90. The smallest absolute Gasteiger partial charge is 0.126 e. The average Bonchev–Trinajstić information content (AvgIpc) is 2.31. The first-order chi connectivity index (χ1) is 7.63. The van der Waals surface area contributed by atoms with Crippen LogP contribution in [0.25, 0.3) is 0 Å². The summed E-state index contributed by atoms with van der Waals surface area (Å²) in [5, 5.41) is 0. The summed E-state index contributed by atoms with van der Waals surface area (Å²) in [4.78, 5) is 0. The predicted molar refractivity (Wildman–Crippen MR) is 68.4 cm³/mol. The molecule has 0 fully saturated rings. The molecule has 0 saturated heterocycles. The van der Waals surface area contributed by atoms with Crippen molar-refractivity contribution >= 4 is 0 Å². The fourth-order valence-electron chi connectivity index (χ4n) is 2.15. The maximum absolute atomic E-state index is 14.0. The molecule has 0 aliphatic rings. The normalized spacial score (nSPS) is 13.1. The average molecular weight is 222 g/mol. The van der Waals surface area contributed by atoms with Crippen molar-refractivity contribution in [3.05, 3.63) is 35.1 Å².